The summed E-state index contributed by atoms with van der Waals surface area (Å²) in [6.07, 6.45) is 1.21. The van der Waals surface area contributed by atoms with Crippen LogP contribution >= 0.6 is 0 Å². The Morgan fingerprint density at radius 3 is 2.51 bits per heavy atom. The fourth-order valence-corrected chi connectivity index (χ4v) is 5.34. The topological polar surface area (TPSA) is 86.0 Å². The average molecular weight is 478 g/mol. The normalized spacial score (nSPS) is 18.6. The molecule has 0 aromatic heterocycles. The van der Waals surface area contributed by atoms with Crippen LogP contribution in [0.1, 0.15) is 50.3 Å². The number of nitrogens with zero attached hydrogens (tertiary/aromatic N) is 3. The number of ether oxygens (including phenoxy) is 2. The number of aliphatic hydroxyl groups is 1. The number of methoxy groups -OCH3 is 1. The number of hydrogen-bond acceptors (Lipinski definition) is 6. The smallest absolute Gasteiger partial charge is 0.410 e. The number of piperidine rings is 1. The maximum Gasteiger partial charge on any atom is 0.410 e. The van der Waals surface area contributed by atoms with Gasteiger partial charge in [-0.25, -0.2) is 4.79 Å². The van der Waals surface area contributed by atoms with E-state index in [-0.39, 0.29) is 11.6 Å². The van der Waals surface area contributed by atoms with Crippen LogP contribution in [0.2, 0.25) is 0 Å². The third kappa shape index (κ3) is 5.35. The molecule has 1 fully saturated rings. The molecule has 1 N–H and O–H groups in total. The number of likely N-dealkylation sites (tertiary alicyclic amines) is 1. The molecule has 1 saturated heterocycles. The summed E-state index contributed by atoms with van der Waals surface area (Å²) in [5, 5.41) is 19.6. The van der Waals surface area contributed by atoms with E-state index in [0.717, 1.165) is 36.9 Å². The molecule has 186 valence electrons. The first-order chi connectivity index (χ1) is 16.6. The van der Waals surface area contributed by atoms with Crippen molar-refractivity contribution in [2.75, 3.05) is 33.3 Å². The van der Waals surface area contributed by atoms with Gasteiger partial charge in [-0.15, -0.1) is 0 Å². The number of nitriles is 1. The third-order valence-corrected chi connectivity index (χ3v) is 7.08. The van der Waals surface area contributed by atoms with Gasteiger partial charge in [0.15, 0.2) is 6.29 Å². The van der Waals surface area contributed by atoms with Crippen molar-refractivity contribution >= 4 is 6.09 Å². The Labute approximate surface area is 207 Å². The van der Waals surface area contributed by atoms with Crippen LogP contribution < -0.4 is 0 Å². The van der Waals surface area contributed by atoms with E-state index in [2.05, 4.69) is 29.2 Å². The zero-order valence-electron chi connectivity index (χ0n) is 21.1. The van der Waals surface area contributed by atoms with E-state index in [1.807, 2.05) is 45.0 Å². The van der Waals surface area contributed by atoms with E-state index >= 15 is 0 Å². The summed E-state index contributed by atoms with van der Waals surface area (Å²) in [5.41, 5.74) is 4.46. The highest BCUT2D eigenvalue weighted by atomic mass is 16.6. The second kappa shape index (κ2) is 9.98. The fourth-order valence-electron chi connectivity index (χ4n) is 5.34. The molecule has 2 aliphatic rings. The largest absolute Gasteiger partial charge is 0.444 e. The highest BCUT2D eigenvalue weighted by Gasteiger charge is 2.46. The van der Waals surface area contributed by atoms with Crippen molar-refractivity contribution in [3.05, 3.63) is 59.2 Å². The SMILES string of the molecule is COC(O)CN1CCc2cc(-c3cccc(C#N)c3)ccc2C12CCN(C(=O)OC(C)(C)C)CC2. The predicted octanol–water partition coefficient (Wildman–Crippen LogP) is 4.27. The van der Waals surface area contributed by atoms with Crippen LogP contribution in [0.15, 0.2) is 42.5 Å². The summed E-state index contributed by atoms with van der Waals surface area (Å²) in [5.74, 6) is 0. The summed E-state index contributed by atoms with van der Waals surface area (Å²) in [6, 6.07) is 16.4. The maximum absolute atomic E-state index is 12.7. The van der Waals surface area contributed by atoms with Gasteiger partial charge in [-0.2, -0.15) is 5.26 Å². The summed E-state index contributed by atoms with van der Waals surface area (Å²) in [6.45, 7) is 8.01. The monoisotopic (exact) mass is 477 g/mol. The lowest BCUT2D eigenvalue weighted by molar-refractivity contribution is -0.117. The second-order valence-electron chi connectivity index (χ2n) is 10.4. The van der Waals surface area contributed by atoms with Crippen LogP contribution in [0.3, 0.4) is 0 Å². The highest BCUT2D eigenvalue weighted by Crippen LogP contribution is 2.44. The molecule has 0 saturated carbocycles. The number of hydrogen-bond donors (Lipinski definition) is 1. The number of carbonyl (C=O) groups excluding carboxylic acids is 1. The molecule has 4 rings (SSSR count). The van der Waals surface area contributed by atoms with E-state index in [1.54, 1.807) is 4.90 Å². The quantitative estimate of drug-likeness (QED) is 0.662. The molecule has 1 amide bonds. The molecule has 7 heteroatoms. The van der Waals surface area contributed by atoms with Crippen LogP contribution in [0.5, 0.6) is 0 Å². The minimum atomic E-state index is -0.870. The van der Waals surface area contributed by atoms with E-state index in [9.17, 15) is 15.2 Å². The minimum absolute atomic E-state index is 0.278. The van der Waals surface area contributed by atoms with E-state index < -0.39 is 11.9 Å². The van der Waals surface area contributed by atoms with Crippen LogP contribution in [0.25, 0.3) is 11.1 Å². The summed E-state index contributed by atoms with van der Waals surface area (Å²) < 4.78 is 10.8. The number of fused-ring (bicyclic) bond motifs is 2. The fraction of sp³-hybridized carbons (Fsp3) is 0.500. The molecule has 2 aromatic rings. The van der Waals surface area contributed by atoms with Gasteiger partial charge in [0, 0.05) is 32.3 Å². The predicted molar refractivity (Wildman–Crippen MR) is 134 cm³/mol. The maximum atomic E-state index is 12.7. The summed E-state index contributed by atoms with van der Waals surface area (Å²) in [4.78, 5) is 16.8. The van der Waals surface area contributed by atoms with Gasteiger partial charge in [-0.1, -0.05) is 30.3 Å². The zero-order chi connectivity index (χ0) is 25.2. The zero-order valence-corrected chi connectivity index (χ0v) is 21.1. The minimum Gasteiger partial charge on any atom is -0.444 e. The number of rotatable bonds is 4. The van der Waals surface area contributed by atoms with Crippen molar-refractivity contribution in [1.29, 1.82) is 5.26 Å². The number of carbonyl (C=O) groups is 1. The molecule has 0 bridgehead atoms. The first-order valence-electron chi connectivity index (χ1n) is 12.2. The Kier molecular flexibility index (Phi) is 7.18. The van der Waals surface area contributed by atoms with Crippen molar-refractivity contribution in [3.63, 3.8) is 0 Å². The molecule has 0 radical (unpaired) electrons. The van der Waals surface area contributed by atoms with Gasteiger partial charge in [-0.05, 0) is 74.4 Å². The van der Waals surface area contributed by atoms with Crippen LogP contribution in [-0.4, -0.2) is 66.2 Å². The van der Waals surface area contributed by atoms with Gasteiger partial charge in [0.1, 0.15) is 5.60 Å². The molecule has 1 unspecified atom stereocenters. The molecule has 0 aliphatic carbocycles. The van der Waals surface area contributed by atoms with Gasteiger partial charge in [0.25, 0.3) is 0 Å². The van der Waals surface area contributed by atoms with Crippen molar-refractivity contribution in [1.82, 2.24) is 9.80 Å². The van der Waals surface area contributed by atoms with Gasteiger partial charge < -0.3 is 19.5 Å². The first kappa shape index (κ1) is 25.2. The number of β-amino-alcohol motifs (C(OH)–C–C–N with tert-alkyl or cyclic N) is 1. The Balaban J connectivity index is 1.65. The van der Waals surface area contributed by atoms with E-state index in [4.69, 9.17) is 9.47 Å². The van der Waals surface area contributed by atoms with Crippen molar-refractivity contribution in [3.8, 4) is 17.2 Å². The molecule has 35 heavy (non-hydrogen) atoms. The van der Waals surface area contributed by atoms with Crippen molar-refractivity contribution < 1.29 is 19.4 Å². The van der Waals surface area contributed by atoms with Crippen LogP contribution in [0, 0.1) is 11.3 Å². The van der Waals surface area contributed by atoms with Gasteiger partial charge >= 0.3 is 6.09 Å². The Morgan fingerprint density at radius 1 is 1.14 bits per heavy atom. The highest BCUT2D eigenvalue weighted by molar-refractivity contribution is 5.69. The molecule has 2 aliphatic heterocycles. The molecule has 1 atom stereocenters. The Bertz CT molecular complexity index is 1110. The van der Waals surface area contributed by atoms with Gasteiger partial charge in [0.2, 0.25) is 0 Å². The number of aliphatic hydroxyl groups excluding tert-OH is 1. The van der Waals surface area contributed by atoms with Crippen molar-refractivity contribution in [2.24, 2.45) is 0 Å². The van der Waals surface area contributed by atoms with Gasteiger partial charge in [0.05, 0.1) is 18.2 Å². The van der Waals surface area contributed by atoms with Crippen LogP contribution in [-0.2, 0) is 21.4 Å². The molecular weight excluding hydrogens is 442 g/mol. The number of benzene rings is 2. The lowest BCUT2D eigenvalue weighted by Crippen LogP contribution is -2.58. The summed E-state index contributed by atoms with van der Waals surface area (Å²) in [7, 11) is 1.52. The standard InChI is InChI=1S/C28H35N3O4/c1-27(2,3)35-26(33)30-14-11-28(12-15-30)24-9-8-22(21-7-5-6-20(16-21)18-29)17-23(24)10-13-31(28)19-25(32)34-4/h5-9,16-17,25,32H,10-15,19H2,1-4H3. The van der Waals surface area contributed by atoms with Gasteiger partial charge in [-0.3, -0.25) is 4.90 Å². The van der Waals surface area contributed by atoms with Crippen molar-refractivity contribution in [2.45, 2.75) is 57.5 Å². The lowest BCUT2D eigenvalue weighted by atomic mass is 9.73. The number of amides is 1. The lowest BCUT2D eigenvalue weighted by Gasteiger charge is -2.52. The Morgan fingerprint density at radius 2 is 1.86 bits per heavy atom. The first-order valence-corrected chi connectivity index (χ1v) is 12.2. The molecule has 2 heterocycles. The third-order valence-electron chi connectivity index (χ3n) is 7.08. The summed E-state index contributed by atoms with van der Waals surface area (Å²) >= 11 is 0. The molecule has 7 nitrogen and oxygen atoms in total. The van der Waals surface area contributed by atoms with E-state index in [1.165, 1.54) is 18.2 Å². The Hall–Kier alpha value is -2.92. The molecule has 2 aromatic carbocycles. The average Bonchev–Trinajstić information content (AvgIpc) is 2.85. The van der Waals surface area contributed by atoms with Crippen LogP contribution in [0.4, 0.5) is 4.79 Å². The molecule has 1 spiro atoms. The van der Waals surface area contributed by atoms with E-state index in [0.29, 0.717) is 25.2 Å². The molecular formula is C28H35N3O4. The second-order valence-corrected chi connectivity index (χ2v) is 10.4.